The number of anilines is 3. The minimum absolute atomic E-state index is 0.244. The van der Waals surface area contributed by atoms with Crippen LogP contribution in [0.15, 0.2) is 54.9 Å². The van der Waals surface area contributed by atoms with Gasteiger partial charge in [0.1, 0.15) is 23.6 Å². The Balaban J connectivity index is 1.76. The standard InChI is InChI=1S/C20H19ClN4O2/c1-3-13-4-7-15(8-5-13)24-20(26)17-11-19(23-12-22-17)25-16-10-14(21)6-9-18(16)27-2/h4-12H,3H2,1-2H3,(H,24,26)(H,22,23,25). The van der Waals surface area contributed by atoms with Crippen LogP contribution in [-0.2, 0) is 6.42 Å². The van der Waals surface area contributed by atoms with Crippen LogP contribution in [0.2, 0.25) is 5.02 Å². The molecule has 3 rings (SSSR count). The van der Waals surface area contributed by atoms with Crippen molar-refractivity contribution in [1.29, 1.82) is 0 Å². The van der Waals surface area contributed by atoms with Gasteiger partial charge in [-0.1, -0.05) is 30.7 Å². The van der Waals surface area contributed by atoms with Crippen LogP contribution >= 0.6 is 11.6 Å². The monoisotopic (exact) mass is 382 g/mol. The molecule has 0 saturated heterocycles. The maximum Gasteiger partial charge on any atom is 0.274 e. The van der Waals surface area contributed by atoms with Gasteiger partial charge in [-0.15, -0.1) is 0 Å². The highest BCUT2D eigenvalue weighted by Crippen LogP contribution is 2.29. The first kappa shape index (κ1) is 18.7. The molecular formula is C20H19ClN4O2. The highest BCUT2D eigenvalue weighted by molar-refractivity contribution is 6.31. The number of methoxy groups -OCH3 is 1. The van der Waals surface area contributed by atoms with Gasteiger partial charge in [0, 0.05) is 16.8 Å². The molecule has 1 amide bonds. The Labute approximate surface area is 162 Å². The van der Waals surface area contributed by atoms with Crippen LogP contribution in [0.25, 0.3) is 0 Å². The van der Waals surface area contributed by atoms with E-state index in [2.05, 4.69) is 27.5 Å². The normalized spacial score (nSPS) is 10.3. The van der Waals surface area contributed by atoms with Gasteiger partial charge in [0.15, 0.2) is 0 Å². The molecule has 0 aliphatic carbocycles. The number of rotatable bonds is 6. The Hall–Kier alpha value is -3.12. The quantitative estimate of drug-likeness (QED) is 0.646. The Morgan fingerprint density at radius 1 is 1.11 bits per heavy atom. The minimum Gasteiger partial charge on any atom is -0.495 e. The van der Waals surface area contributed by atoms with E-state index in [-0.39, 0.29) is 11.6 Å². The highest BCUT2D eigenvalue weighted by atomic mass is 35.5. The number of hydrogen-bond donors (Lipinski definition) is 2. The fourth-order valence-electron chi connectivity index (χ4n) is 2.48. The number of nitrogens with one attached hydrogen (secondary N) is 2. The smallest absolute Gasteiger partial charge is 0.274 e. The molecule has 7 heteroatoms. The second-order valence-corrected chi connectivity index (χ2v) is 6.20. The molecule has 6 nitrogen and oxygen atoms in total. The van der Waals surface area contributed by atoms with Crippen molar-refractivity contribution in [3.63, 3.8) is 0 Å². The van der Waals surface area contributed by atoms with Crippen molar-refractivity contribution < 1.29 is 9.53 Å². The van der Waals surface area contributed by atoms with Gasteiger partial charge in [-0.2, -0.15) is 0 Å². The van der Waals surface area contributed by atoms with Crippen molar-refractivity contribution in [2.45, 2.75) is 13.3 Å². The first-order valence-corrected chi connectivity index (χ1v) is 8.79. The Morgan fingerprint density at radius 2 is 1.89 bits per heavy atom. The maximum atomic E-state index is 12.5. The van der Waals surface area contributed by atoms with Crippen molar-refractivity contribution >= 4 is 34.7 Å². The van der Waals surface area contributed by atoms with Gasteiger partial charge in [-0.25, -0.2) is 9.97 Å². The van der Waals surface area contributed by atoms with Crippen LogP contribution in [-0.4, -0.2) is 23.0 Å². The lowest BCUT2D eigenvalue weighted by molar-refractivity contribution is 0.102. The zero-order valence-corrected chi connectivity index (χ0v) is 15.7. The van der Waals surface area contributed by atoms with E-state index >= 15 is 0 Å². The van der Waals surface area contributed by atoms with E-state index in [1.54, 1.807) is 31.4 Å². The molecule has 1 aromatic heterocycles. The second kappa shape index (κ2) is 8.51. The molecule has 0 bridgehead atoms. The summed E-state index contributed by atoms with van der Waals surface area (Å²) in [5, 5.41) is 6.48. The largest absolute Gasteiger partial charge is 0.495 e. The third-order valence-corrected chi connectivity index (χ3v) is 4.18. The van der Waals surface area contributed by atoms with Gasteiger partial charge in [-0.3, -0.25) is 4.79 Å². The number of amides is 1. The molecular weight excluding hydrogens is 364 g/mol. The molecule has 0 fully saturated rings. The van der Waals surface area contributed by atoms with Crippen molar-refractivity contribution in [3.05, 3.63) is 71.1 Å². The van der Waals surface area contributed by atoms with Gasteiger partial charge in [-0.05, 0) is 42.3 Å². The summed E-state index contributed by atoms with van der Waals surface area (Å²) in [5.41, 5.74) is 2.80. The molecule has 0 spiro atoms. The fraction of sp³-hybridized carbons (Fsp3) is 0.150. The number of benzene rings is 2. The molecule has 0 saturated carbocycles. The Kier molecular flexibility index (Phi) is 5.88. The van der Waals surface area contributed by atoms with Crippen LogP contribution in [0.4, 0.5) is 17.2 Å². The average molecular weight is 383 g/mol. The van der Waals surface area contributed by atoms with Crippen molar-refractivity contribution in [2.24, 2.45) is 0 Å². The van der Waals surface area contributed by atoms with Gasteiger partial charge < -0.3 is 15.4 Å². The first-order chi connectivity index (χ1) is 13.1. The van der Waals surface area contributed by atoms with E-state index in [4.69, 9.17) is 16.3 Å². The molecule has 0 radical (unpaired) electrons. The summed E-state index contributed by atoms with van der Waals surface area (Å²) in [6.45, 7) is 2.08. The van der Waals surface area contributed by atoms with Crippen molar-refractivity contribution in [1.82, 2.24) is 9.97 Å². The number of carbonyl (C=O) groups excluding carboxylic acids is 1. The van der Waals surface area contributed by atoms with Crippen LogP contribution in [0, 0.1) is 0 Å². The second-order valence-electron chi connectivity index (χ2n) is 5.76. The third kappa shape index (κ3) is 4.74. The maximum absolute atomic E-state index is 12.5. The summed E-state index contributed by atoms with van der Waals surface area (Å²) in [5.74, 6) is 0.750. The predicted octanol–water partition coefficient (Wildman–Crippen LogP) is 4.70. The van der Waals surface area contributed by atoms with Crippen molar-refractivity contribution in [3.8, 4) is 5.75 Å². The summed E-state index contributed by atoms with van der Waals surface area (Å²) in [6.07, 6.45) is 2.27. The van der Waals surface area contributed by atoms with Crippen LogP contribution in [0.3, 0.4) is 0 Å². The summed E-state index contributed by atoms with van der Waals surface area (Å²) >= 11 is 6.04. The molecule has 0 atom stereocenters. The SMILES string of the molecule is CCc1ccc(NC(=O)c2cc(Nc3cc(Cl)ccc3OC)ncn2)cc1. The zero-order valence-electron chi connectivity index (χ0n) is 15.0. The van der Waals surface area contributed by atoms with E-state index in [1.807, 2.05) is 24.3 Å². The summed E-state index contributed by atoms with van der Waals surface area (Å²) in [4.78, 5) is 20.7. The topological polar surface area (TPSA) is 76.1 Å². The summed E-state index contributed by atoms with van der Waals surface area (Å²) in [6, 6.07) is 14.5. The van der Waals surface area contributed by atoms with E-state index in [1.165, 1.54) is 11.9 Å². The lowest BCUT2D eigenvalue weighted by atomic mass is 10.1. The first-order valence-electron chi connectivity index (χ1n) is 8.42. The molecule has 27 heavy (non-hydrogen) atoms. The number of carbonyl (C=O) groups is 1. The average Bonchev–Trinajstić information content (AvgIpc) is 2.69. The number of ether oxygens (including phenoxy) is 1. The van der Waals surface area contributed by atoms with Crippen molar-refractivity contribution in [2.75, 3.05) is 17.7 Å². The Bertz CT molecular complexity index is 945. The number of halogens is 1. The summed E-state index contributed by atoms with van der Waals surface area (Å²) in [7, 11) is 1.57. The fourth-order valence-corrected chi connectivity index (χ4v) is 2.66. The van der Waals surface area contributed by atoms with Gasteiger partial charge >= 0.3 is 0 Å². The Morgan fingerprint density at radius 3 is 2.59 bits per heavy atom. The highest BCUT2D eigenvalue weighted by Gasteiger charge is 2.11. The van der Waals surface area contributed by atoms with Crippen LogP contribution in [0.1, 0.15) is 23.0 Å². The molecule has 2 N–H and O–H groups in total. The third-order valence-electron chi connectivity index (χ3n) is 3.94. The van der Waals surface area contributed by atoms with Crippen LogP contribution in [0.5, 0.6) is 5.75 Å². The van der Waals surface area contributed by atoms with E-state index in [9.17, 15) is 4.79 Å². The van der Waals surface area contributed by atoms with E-state index in [0.29, 0.717) is 28.0 Å². The molecule has 0 aliphatic rings. The number of nitrogens with zero attached hydrogens (tertiary/aromatic N) is 2. The predicted molar refractivity (Wildman–Crippen MR) is 107 cm³/mol. The number of aryl methyl sites for hydroxylation is 1. The minimum atomic E-state index is -0.317. The molecule has 138 valence electrons. The number of aromatic nitrogens is 2. The summed E-state index contributed by atoms with van der Waals surface area (Å²) < 4.78 is 5.30. The van der Waals surface area contributed by atoms with Gasteiger partial charge in [0.2, 0.25) is 0 Å². The molecule has 3 aromatic rings. The molecule has 2 aromatic carbocycles. The van der Waals surface area contributed by atoms with Gasteiger partial charge in [0.25, 0.3) is 5.91 Å². The molecule has 1 heterocycles. The van der Waals surface area contributed by atoms with Crippen LogP contribution < -0.4 is 15.4 Å². The zero-order chi connectivity index (χ0) is 19.2. The van der Waals surface area contributed by atoms with E-state index < -0.39 is 0 Å². The lowest BCUT2D eigenvalue weighted by Gasteiger charge is -2.11. The van der Waals surface area contributed by atoms with E-state index in [0.717, 1.165) is 6.42 Å². The van der Waals surface area contributed by atoms with Gasteiger partial charge in [0.05, 0.1) is 12.8 Å². The number of hydrogen-bond acceptors (Lipinski definition) is 5. The molecule has 0 unspecified atom stereocenters. The lowest BCUT2D eigenvalue weighted by Crippen LogP contribution is -2.14. The molecule has 0 aliphatic heterocycles.